The van der Waals surface area contributed by atoms with Gasteiger partial charge in [-0.2, -0.15) is 0 Å². The summed E-state index contributed by atoms with van der Waals surface area (Å²) < 4.78 is 1.64. The lowest BCUT2D eigenvalue weighted by Crippen LogP contribution is -2.49. The van der Waals surface area contributed by atoms with Crippen LogP contribution in [0.5, 0.6) is 0 Å². The van der Waals surface area contributed by atoms with Gasteiger partial charge in [0.1, 0.15) is 0 Å². The van der Waals surface area contributed by atoms with E-state index in [-0.39, 0.29) is 0 Å². The Hall–Kier alpha value is -1.46. The minimum absolute atomic E-state index is 0.380. The van der Waals surface area contributed by atoms with Crippen molar-refractivity contribution in [3.8, 4) is 0 Å². The van der Waals surface area contributed by atoms with E-state index >= 15 is 0 Å². The molecule has 3 fully saturated rings. The molecule has 3 atom stereocenters. The lowest BCUT2D eigenvalue weighted by Gasteiger charge is -2.38. The van der Waals surface area contributed by atoms with Gasteiger partial charge in [0.25, 0.3) is 0 Å². The smallest absolute Gasteiger partial charge is 0.331 e. The Kier molecular flexibility index (Phi) is 2.26. The first kappa shape index (κ1) is 11.4. The molecule has 1 N–H and O–H groups in total. The molecule has 0 aromatic carbocycles. The molecule has 0 aliphatic heterocycles. The average molecular weight is 262 g/mol. The molecular weight excluding hydrogens is 244 g/mol. The van der Waals surface area contributed by atoms with Crippen molar-refractivity contribution in [2.24, 2.45) is 11.8 Å². The minimum atomic E-state index is -0.860. The zero-order valence-electron chi connectivity index (χ0n) is 10.8. The van der Waals surface area contributed by atoms with Crippen molar-refractivity contribution in [3.05, 3.63) is 5.82 Å². The van der Waals surface area contributed by atoms with Gasteiger partial charge < -0.3 is 5.11 Å². The molecule has 0 radical (unpaired) electrons. The number of carbonyl (C=O) groups is 1. The highest BCUT2D eigenvalue weighted by Gasteiger charge is 2.51. The van der Waals surface area contributed by atoms with Gasteiger partial charge in [-0.25, -0.2) is 9.48 Å². The van der Waals surface area contributed by atoms with Gasteiger partial charge >= 0.3 is 5.97 Å². The third kappa shape index (κ3) is 1.42. The van der Waals surface area contributed by atoms with Crippen molar-refractivity contribution >= 4 is 5.97 Å². The number of carboxylic acids is 1. The maximum absolute atomic E-state index is 11.6. The number of nitrogens with zero attached hydrogens (tertiary/aromatic N) is 4. The molecule has 3 aliphatic carbocycles. The Bertz CT molecular complexity index is 522. The number of hydrogen-bond donors (Lipinski definition) is 1. The van der Waals surface area contributed by atoms with E-state index in [1.54, 1.807) is 4.68 Å². The van der Waals surface area contributed by atoms with Gasteiger partial charge in [-0.1, -0.05) is 6.42 Å². The van der Waals surface area contributed by atoms with Crippen molar-refractivity contribution in [2.45, 2.75) is 56.4 Å². The van der Waals surface area contributed by atoms with Crippen molar-refractivity contribution in [2.75, 3.05) is 0 Å². The molecule has 0 amide bonds. The maximum atomic E-state index is 11.6. The van der Waals surface area contributed by atoms with Crippen LogP contribution in [-0.2, 0) is 10.3 Å². The van der Waals surface area contributed by atoms with Gasteiger partial charge in [0.15, 0.2) is 11.4 Å². The third-order valence-corrected chi connectivity index (χ3v) is 5.55. The molecule has 6 heteroatoms. The van der Waals surface area contributed by atoms with E-state index in [1.165, 1.54) is 19.3 Å². The highest BCUT2D eigenvalue weighted by Crippen LogP contribution is 2.53. The van der Waals surface area contributed by atoms with Gasteiger partial charge in [-0.15, -0.1) is 5.10 Å². The lowest BCUT2D eigenvalue weighted by atomic mass is 9.76. The normalized spacial score (nSPS) is 35.3. The largest absolute Gasteiger partial charge is 0.479 e. The topological polar surface area (TPSA) is 80.9 Å². The number of aromatic nitrogens is 4. The molecule has 2 bridgehead atoms. The molecule has 0 saturated heterocycles. The van der Waals surface area contributed by atoms with E-state index in [0.717, 1.165) is 24.6 Å². The van der Waals surface area contributed by atoms with Crippen LogP contribution in [0.25, 0.3) is 0 Å². The Labute approximate surface area is 111 Å². The number of fused-ring (bicyclic) bond motifs is 2. The Morgan fingerprint density at radius 2 is 2.16 bits per heavy atom. The SMILES string of the molecule is O=C(O)C1(n2nnnc2C2CC3CCC2C3)CCC1. The predicted octanol–water partition coefficient (Wildman–Crippen LogP) is 1.54. The molecule has 19 heavy (non-hydrogen) atoms. The van der Waals surface area contributed by atoms with Gasteiger partial charge in [-0.3, -0.25) is 0 Å². The van der Waals surface area contributed by atoms with Gasteiger partial charge in [0.2, 0.25) is 0 Å². The van der Waals surface area contributed by atoms with E-state index in [2.05, 4.69) is 15.5 Å². The van der Waals surface area contributed by atoms with Crippen molar-refractivity contribution in [1.29, 1.82) is 0 Å². The molecule has 102 valence electrons. The molecule has 4 rings (SSSR count). The van der Waals surface area contributed by atoms with Crippen LogP contribution in [0.4, 0.5) is 0 Å². The summed E-state index contributed by atoms with van der Waals surface area (Å²) in [5.74, 6) is 1.90. The fraction of sp³-hybridized carbons (Fsp3) is 0.846. The first-order chi connectivity index (χ1) is 9.21. The van der Waals surface area contributed by atoms with Crippen LogP contribution in [0.2, 0.25) is 0 Å². The van der Waals surface area contributed by atoms with Crippen LogP contribution in [-0.4, -0.2) is 31.3 Å². The van der Waals surface area contributed by atoms with Crippen LogP contribution in [0.1, 0.15) is 56.7 Å². The van der Waals surface area contributed by atoms with Crippen molar-refractivity contribution in [1.82, 2.24) is 20.2 Å². The van der Waals surface area contributed by atoms with Crippen molar-refractivity contribution in [3.63, 3.8) is 0 Å². The van der Waals surface area contributed by atoms with Crippen LogP contribution in [0.15, 0.2) is 0 Å². The lowest BCUT2D eigenvalue weighted by molar-refractivity contribution is -0.153. The third-order valence-electron chi connectivity index (χ3n) is 5.55. The molecule has 1 heterocycles. The zero-order valence-corrected chi connectivity index (χ0v) is 10.8. The summed E-state index contributed by atoms with van der Waals surface area (Å²) in [5, 5.41) is 21.5. The van der Waals surface area contributed by atoms with E-state index in [9.17, 15) is 9.90 Å². The highest BCUT2D eigenvalue weighted by atomic mass is 16.4. The second kappa shape index (κ2) is 3.77. The fourth-order valence-electron chi connectivity index (χ4n) is 4.32. The van der Waals surface area contributed by atoms with Gasteiger partial charge in [-0.05, 0) is 60.8 Å². The molecule has 3 unspecified atom stereocenters. The van der Waals surface area contributed by atoms with Crippen LogP contribution >= 0.6 is 0 Å². The monoisotopic (exact) mass is 262 g/mol. The minimum Gasteiger partial charge on any atom is -0.479 e. The molecule has 0 spiro atoms. The zero-order chi connectivity index (χ0) is 13.0. The molecule has 6 nitrogen and oxygen atoms in total. The summed E-state index contributed by atoms with van der Waals surface area (Å²) in [6.45, 7) is 0. The van der Waals surface area contributed by atoms with Gasteiger partial charge in [0, 0.05) is 5.92 Å². The maximum Gasteiger partial charge on any atom is 0.331 e. The second-order valence-electron chi connectivity index (χ2n) is 6.42. The summed E-state index contributed by atoms with van der Waals surface area (Å²) in [7, 11) is 0. The summed E-state index contributed by atoms with van der Waals surface area (Å²) in [6.07, 6.45) is 7.25. The second-order valence-corrected chi connectivity index (χ2v) is 6.42. The number of carboxylic acid groups (broad SMARTS) is 1. The van der Waals surface area contributed by atoms with Crippen LogP contribution in [0, 0.1) is 11.8 Å². The van der Waals surface area contributed by atoms with Gasteiger partial charge in [0.05, 0.1) is 0 Å². The summed E-state index contributed by atoms with van der Waals surface area (Å²) in [4.78, 5) is 11.6. The Morgan fingerprint density at radius 1 is 1.32 bits per heavy atom. The predicted molar refractivity (Wildman–Crippen MR) is 65.5 cm³/mol. The molecular formula is C13H18N4O2. The molecule has 1 aromatic heterocycles. The van der Waals surface area contributed by atoms with E-state index in [1.807, 2.05) is 0 Å². The first-order valence-corrected chi connectivity index (χ1v) is 7.23. The number of aliphatic carboxylic acids is 1. The van der Waals surface area contributed by atoms with E-state index < -0.39 is 11.5 Å². The number of tetrazole rings is 1. The van der Waals surface area contributed by atoms with Crippen LogP contribution < -0.4 is 0 Å². The summed E-state index contributed by atoms with van der Waals surface area (Å²) in [6, 6.07) is 0. The average Bonchev–Trinajstić information content (AvgIpc) is 3.01. The highest BCUT2D eigenvalue weighted by molar-refractivity contribution is 5.77. The molecule has 1 aromatic rings. The molecule has 3 aliphatic rings. The fourth-order valence-corrected chi connectivity index (χ4v) is 4.32. The Balaban J connectivity index is 1.71. The van der Waals surface area contributed by atoms with E-state index in [4.69, 9.17) is 0 Å². The van der Waals surface area contributed by atoms with Crippen LogP contribution in [0.3, 0.4) is 0 Å². The quantitative estimate of drug-likeness (QED) is 0.893. The molecule has 3 saturated carbocycles. The number of hydrogen-bond acceptors (Lipinski definition) is 4. The van der Waals surface area contributed by atoms with Crippen molar-refractivity contribution < 1.29 is 9.90 Å². The first-order valence-electron chi connectivity index (χ1n) is 7.23. The Morgan fingerprint density at radius 3 is 2.68 bits per heavy atom. The summed E-state index contributed by atoms with van der Waals surface area (Å²) >= 11 is 0. The standard InChI is InChI=1S/C13H18N4O2/c18-12(19)13(4-1-5-13)17-11(14-15-16-17)10-7-8-2-3-9(10)6-8/h8-10H,1-7H2,(H,18,19). The van der Waals surface area contributed by atoms with E-state index in [0.29, 0.717) is 24.7 Å². The number of rotatable bonds is 3. The summed E-state index contributed by atoms with van der Waals surface area (Å²) in [5.41, 5.74) is -0.860.